The highest BCUT2D eigenvalue weighted by molar-refractivity contribution is 5.72. The first kappa shape index (κ1) is 13.2. The number of hydrogen-bond donors (Lipinski definition) is 3. The highest BCUT2D eigenvalue weighted by atomic mass is 16.3. The van der Waals surface area contributed by atoms with Crippen LogP contribution in [-0.2, 0) is 0 Å². The number of nitrogens with zero attached hydrogens (tertiary/aromatic N) is 1. The molecule has 0 saturated heterocycles. The number of carbonyl (C=O) groups excluding carboxylic acids is 1. The SMILES string of the molecule is CCCC(O)N(C(N)=O)C(O)CCC. The number of hydrogen-bond acceptors (Lipinski definition) is 3. The predicted octanol–water partition coefficient (Wildman–Crippen LogP) is 0.604. The molecule has 0 radical (unpaired) electrons. The van der Waals surface area contributed by atoms with Gasteiger partial charge < -0.3 is 15.9 Å². The molecule has 14 heavy (non-hydrogen) atoms. The van der Waals surface area contributed by atoms with Gasteiger partial charge in [-0.3, -0.25) is 4.90 Å². The summed E-state index contributed by atoms with van der Waals surface area (Å²) in [6.45, 7) is 3.77. The largest absolute Gasteiger partial charge is 0.373 e. The molecule has 0 aliphatic heterocycles. The van der Waals surface area contributed by atoms with Crippen LogP contribution in [0.3, 0.4) is 0 Å². The molecule has 2 amide bonds. The Morgan fingerprint density at radius 1 is 1.21 bits per heavy atom. The molecular weight excluding hydrogens is 184 g/mol. The quantitative estimate of drug-likeness (QED) is 0.554. The molecule has 84 valence electrons. The molecule has 5 heteroatoms. The minimum atomic E-state index is -0.987. The van der Waals surface area contributed by atoms with Crippen LogP contribution < -0.4 is 5.73 Å². The second-order valence-electron chi connectivity index (χ2n) is 3.28. The summed E-state index contributed by atoms with van der Waals surface area (Å²) in [5.41, 5.74) is 5.07. The number of urea groups is 1. The third-order valence-electron chi connectivity index (χ3n) is 1.99. The number of amides is 2. The van der Waals surface area contributed by atoms with Crippen LogP contribution in [0.25, 0.3) is 0 Å². The third-order valence-corrected chi connectivity index (χ3v) is 1.99. The fraction of sp³-hybridized carbons (Fsp3) is 0.889. The van der Waals surface area contributed by atoms with Crippen molar-refractivity contribution in [3.05, 3.63) is 0 Å². The van der Waals surface area contributed by atoms with E-state index >= 15 is 0 Å². The van der Waals surface area contributed by atoms with Crippen LogP contribution in [0.1, 0.15) is 39.5 Å². The lowest BCUT2D eigenvalue weighted by Crippen LogP contribution is -2.49. The Balaban J connectivity index is 4.33. The maximum Gasteiger partial charge on any atom is 0.318 e. The second-order valence-corrected chi connectivity index (χ2v) is 3.28. The number of primary amides is 1. The van der Waals surface area contributed by atoms with Crippen LogP contribution >= 0.6 is 0 Å². The summed E-state index contributed by atoms with van der Waals surface area (Å²) in [6.07, 6.45) is 0.319. The molecule has 0 saturated carbocycles. The first-order valence-electron chi connectivity index (χ1n) is 4.98. The maximum atomic E-state index is 11.0. The van der Waals surface area contributed by atoms with E-state index in [2.05, 4.69) is 0 Å². The molecule has 0 spiro atoms. The van der Waals surface area contributed by atoms with Gasteiger partial charge in [-0.05, 0) is 12.8 Å². The molecule has 5 nitrogen and oxygen atoms in total. The Morgan fingerprint density at radius 2 is 1.57 bits per heavy atom. The average molecular weight is 204 g/mol. The predicted molar refractivity (Wildman–Crippen MR) is 53.3 cm³/mol. The number of nitrogens with two attached hydrogens (primary N) is 1. The van der Waals surface area contributed by atoms with Crippen LogP contribution in [-0.4, -0.2) is 33.6 Å². The van der Waals surface area contributed by atoms with Crippen molar-refractivity contribution >= 4 is 6.03 Å². The van der Waals surface area contributed by atoms with Gasteiger partial charge in [-0.15, -0.1) is 0 Å². The summed E-state index contributed by atoms with van der Waals surface area (Å²) >= 11 is 0. The molecule has 0 aromatic rings. The zero-order valence-electron chi connectivity index (χ0n) is 8.81. The molecule has 0 aromatic heterocycles. The Labute approximate surface area is 84.5 Å². The topological polar surface area (TPSA) is 86.8 Å². The Kier molecular flexibility index (Phi) is 6.23. The molecule has 0 aromatic carbocycles. The lowest BCUT2D eigenvalue weighted by atomic mass is 10.2. The molecule has 2 atom stereocenters. The molecule has 0 aliphatic carbocycles. The number of carbonyl (C=O) groups is 1. The highest BCUT2D eigenvalue weighted by Gasteiger charge is 2.24. The minimum Gasteiger partial charge on any atom is -0.373 e. The van der Waals surface area contributed by atoms with Crippen molar-refractivity contribution in [3.8, 4) is 0 Å². The van der Waals surface area contributed by atoms with Gasteiger partial charge in [0, 0.05) is 0 Å². The smallest absolute Gasteiger partial charge is 0.318 e. The van der Waals surface area contributed by atoms with E-state index in [1.807, 2.05) is 13.8 Å². The van der Waals surface area contributed by atoms with Crippen molar-refractivity contribution in [2.75, 3.05) is 0 Å². The van der Waals surface area contributed by atoms with Crippen LogP contribution in [0.4, 0.5) is 4.79 Å². The van der Waals surface area contributed by atoms with Gasteiger partial charge in [-0.25, -0.2) is 4.79 Å². The van der Waals surface area contributed by atoms with E-state index in [-0.39, 0.29) is 0 Å². The summed E-state index contributed by atoms with van der Waals surface area (Å²) in [4.78, 5) is 11.9. The number of aliphatic hydroxyl groups is 2. The monoisotopic (exact) mass is 204 g/mol. The van der Waals surface area contributed by atoms with Gasteiger partial charge in [0.1, 0.15) is 12.5 Å². The molecule has 0 aliphatic rings. The number of rotatable bonds is 6. The van der Waals surface area contributed by atoms with Crippen molar-refractivity contribution in [3.63, 3.8) is 0 Å². The van der Waals surface area contributed by atoms with Crippen LogP contribution in [0.2, 0.25) is 0 Å². The van der Waals surface area contributed by atoms with E-state index in [1.54, 1.807) is 0 Å². The normalized spacial score (nSPS) is 14.9. The van der Waals surface area contributed by atoms with Crippen LogP contribution in [0.15, 0.2) is 0 Å². The Morgan fingerprint density at radius 3 is 1.79 bits per heavy atom. The molecule has 0 fully saturated rings. The summed E-state index contributed by atoms with van der Waals surface area (Å²) in [6, 6.07) is -0.785. The first-order valence-corrected chi connectivity index (χ1v) is 4.98. The van der Waals surface area contributed by atoms with Gasteiger partial charge in [0.2, 0.25) is 0 Å². The first-order chi connectivity index (χ1) is 6.54. The van der Waals surface area contributed by atoms with Crippen LogP contribution in [0.5, 0.6) is 0 Å². The average Bonchev–Trinajstić information content (AvgIpc) is 2.04. The van der Waals surface area contributed by atoms with E-state index in [0.29, 0.717) is 12.8 Å². The van der Waals surface area contributed by atoms with Crippen molar-refractivity contribution in [1.82, 2.24) is 4.90 Å². The van der Waals surface area contributed by atoms with Gasteiger partial charge in [0.25, 0.3) is 0 Å². The molecule has 2 unspecified atom stereocenters. The Bertz CT molecular complexity index is 163. The summed E-state index contributed by atoms with van der Waals surface area (Å²) in [7, 11) is 0. The van der Waals surface area contributed by atoms with Crippen molar-refractivity contribution in [1.29, 1.82) is 0 Å². The van der Waals surface area contributed by atoms with Crippen molar-refractivity contribution < 1.29 is 15.0 Å². The number of aliphatic hydroxyl groups excluding tert-OH is 2. The van der Waals surface area contributed by atoms with Gasteiger partial charge in [0.15, 0.2) is 0 Å². The Hall–Kier alpha value is -0.810. The third kappa shape index (κ3) is 3.93. The zero-order valence-corrected chi connectivity index (χ0v) is 8.81. The highest BCUT2D eigenvalue weighted by Crippen LogP contribution is 2.10. The van der Waals surface area contributed by atoms with E-state index < -0.39 is 18.5 Å². The van der Waals surface area contributed by atoms with Crippen molar-refractivity contribution in [2.24, 2.45) is 5.73 Å². The fourth-order valence-electron chi connectivity index (χ4n) is 1.29. The minimum absolute atomic E-state index is 0.420. The fourth-order valence-corrected chi connectivity index (χ4v) is 1.29. The molecule has 0 bridgehead atoms. The van der Waals surface area contributed by atoms with Gasteiger partial charge in [0.05, 0.1) is 0 Å². The van der Waals surface area contributed by atoms with Crippen molar-refractivity contribution in [2.45, 2.75) is 52.0 Å². The molecular formula is C9H20N2O3. The summed E-state index contributed by atoms with van der Waals surface area (Å²) in [5, 5.41) is 19.1. The maximum absolute atomic E-state index is 11.0. The lowest BCUT2D eigenvalue weighted by molar-refractivity contribution is -0.0737. The lowest BCUT2D eigenvalue weighted by Gasteiger charge is -2.30. The van der Waals surface area contributed by atoms with E-state index in [0.717, 1.165) is 17.7 Å². The molecule has 0 heterocycles. The van der Waals surface area contributed by atoms with E-state index in [9.17, 15) is 15.0 Å². The zero-order chi connectivity index (χ0) is 11.1. The van der Waals surface area contributed by atoms with E-state index in [4.69, 9.17) is 5.73 Å². The van der Waals surface area contributed by atoms with Gasteiger partial charge >= 0.3 is 6.03 Å². The summed E-state index contributed by atoms with van der Waals surface area (Å²) in [5.74, 6) is 0. The van der Waals surface area contributed by atoms with Gasteiger partial charge in [-0.1, -0.05) is 26.7 Å². The second kappa shape index (κ2) is 6.62. The summed E-state index contributed by atoms with van der Waals surface area (Å²) < 4.78 is 0. The molecule has 4 N–H and O–H groups in total. The van der Waals surface area contributed by atoms with Gasteiger partial charge in [-0.2, -0.15) is 0 Å². The standard InChI is InChI=1S/C9H20N2O3/c1-3-5-7(12)11(9(10)14)8(13)6-4-2/h7-8,12-13H,3-6H2,1-2H3,(H2,10,14). The van der Waals surface area contributed by atoms with E-state index in [1.165, 1.54) is 0 Å². The molecule has 0 rings (SSSR count). The van der Waals surface area contributed by atoms with Crippen LogP contribution in [0, 0.1) is 0 Å².